The zero-order valence-electron chi connectivity index (χ0n) is 13.5. The quantitative estimate of drug-likeness (QED) is 0.869. The highest BCUT2D eigenvalue weighted by Crippen LogP contribution is 2.56. The van der Waals surface area contributed by atoms with E-state index in [1.54, 1.807) is 0 Å². The number of rotatable bonds is 2. The molecule has 23 heavy (non-hydrogen) atoms. The summed E-state index contributed by atoms with van der Waals surface area (Å²) in [4.78, 5) is 7.14. The fraction of sp³-hybridized carbons (Fsp3) is 0.450. The third-order valence-corrected chi connectivity index (χ3v) is 6.04. The molecule has 2 bridgehead atoms. The van der Waals surface area contributed by atoms with Gasteiger partial charge in [0.25, 0.3) is 0 Å². The topological polar surface area (TPSA) is 28.2 Å². The van der Waals surface area contributed by atoms with Gasteiger partial charge in [-0.25, -0.2) is 4.98 Å². The van der Waals surface area contributed by atoms with E-state index in [1.165, 1.54) is 55.6 Å². The van der Waals surface area contributed by atoms with Crippen LogP contribution in [0.5, 0.6) is 0 Å². The molecule has 6 rings (SSSR count). The molecular weight excluding hydrogens is 282 g/mol. The molecule has 3 nitrogen and oxygen atoms in total. The third kappa shape index (κ3) is 2.21. The zero-order chi connectivity index (χ0) is 15.3. The van der Waals surface area contributed by atoms with Gasteiger partial charge in [-0.1, -0.05) is 31.0 Å². The predicted octanol–water partition coefficient (Wildman–Crippen LogP) is 4.73. The van der Waals surface area contributed by atoms with Crippen LogP contribution in [0.25, 0.3) is 0 Å². The van der Waals surface area contributed by atoms with Gasteiger partial charge in [0.15, 0.2) is 0 Å². The lowest BCUT2D eigenvalue weighted by molar-refractivity contribution is 0.00224. The number of hydrogen-bond acceptors (Lipinski definition) is 3. The largest absolute Gasteiger partial charge is 0.365 e. The molecule has 0 saturated heterocycles. The molecule has 118 valence electrons. The second-order valence-electron chi connectivity index (χ2n) is 7.68. The Balaban J connectivity index is 1.52. The Hall–Kier alpha value is -2.03. The number of nitrogens with one attached hydrogen (secondary N) is 1. The van der Waals surface area contributed by atoms with Gasteiger partial charge < -0.3 is 10.2 Å². The molecule has 0 unspecified atom stereocenters. The maximum Gasteiger partial charge on any atom is 0.135 e. The molecule has 3 aliphatic carbocycles. The monoisotopic (exact) mass is 305 g/mol. The van der Waals surface area contributed by atoms with E-state index in [0.29, 0.717) is 5.41 Å². The van der Waals surface area contributed by atoms with E-state index in [0.717, 1.165) is 18.3 Å². The van der Waals surface area contributed by atoms with E-state index < -0.39 is 0 Å². The Morgan fingerprint density at radius 3 is 2.96 bits per heavy atom. The van der Waals surface area contributed by atoms with Crippen LogP contribution >= 0.6 is 0 Å². The number of pyridine rings is 1. The summed E-state index contributed by atoms with van der Waals surface area (Å²) < 4.78 is 0. The molecular formula is C20H23N3. The van der Waals surface area contributed by atoms with Gasteiger partial charge in [0, 0.05) is 24.8 Å². The van der Waals surface area contributed by atoms with E-state index in [-0.39, 0.29) is 0 Å². The molecule has 1 aromatic heterocycles. The summed E-state index contributed by atoms with van der Waals surface area (Å²) in [6.07, 6.45) is 9.07. The number of anilines is 3. The third-order valence-electron chi connectivity index (χ3n) is 6.04. The van der Waals surface area contributed by atoms with Gasteiger partial charge in [-0.05, 0) is 48.8 Å². The first-order valence-corrected chi connectivity index (χ1v) is 8.86. The first kappa shape index (κ1) is 13.4. The normalized spacial score (nSPS) is 28.0. The minimum Gasteiger partial charge on any atom is -0.365 e. The number of benzene rings is 1. The lowest BCUT2D eigenvalue weighted by Gasteiger charge is -2.54. The van der Waals surface area contributed by atoms with Crippen molar-refractivity contribution in [2.75, 3.05) is 16.8 Å². The van der Waals surface area contributed by atoms with Gasteiger partial charge in [0.2, 0.25) is 0 Å². The van der Waals surface area contributed by atoms with Crippen LogP contribution in [0.15, 0.2) is 42.6 Å². The molecule has 2 heterocycles. The van der Waals surface area contributed by atoms with Crippen LogP contribution in [-0.4, -0.2) is 11.5 Å². The summed E-state index contributed by atoms with van der Waals surface area (Å²) >= 11 is 0. The Labute approximate surface area is 137 Å². The van der Waals surface area contributed by atoms with Crippen LogP contribution in [0, 0.1) is 11.3 Å². The summed E-state index contributed by atoms with van der Waals surface area (Å²) in [5.41, 5.74) is 4.39. The van der Waals surface area contributed by atoms with Crippen molar-refractivity contribution in [3.05, 3.63) is 48.2 Å². The number of hydrogen-bond donors (Lipinski definition) is 1. The van der Waals surface area contributed by atoms with E-state index in [4.69, 9.17) is 0 Å². The highest BCUT2D eigenvalue weighted by Gasteiger charge is 2.47. The molecule has 0 atom stereocenters. The highest BCUT2D eigenvalue weighted by atomic mass is 15.2. The van der Waals surface area contributed by atoms with Crippen LogP contribution in [-0.2, 0) is 6.54 Å². The summed E-state index contributed by atoms with van der Waals surface area (Å²) in [6.45, 7) is 2.15. The van der Waals surface area contributed by atoms with E-state index in [2.05, 4.69) is 45.5 Å². The van der Waals surface area contributed by atoms with Gasteiger partial charge in [0.1, 0.15) is 5.82 Å². The Morgan fingerprint density at radius 1 is 1.17 bits per heavy atom. The van der Waals surface area contributed by atoms with E-state index in [1.807, 2.05) is 12.3 Å². The molecule has 3 fully saturated rings. The van der Waals surface area contributed by atoms with Crippen molar-refractivity contribution in [2.24, 2.45) is 11.3 Å². The number of aromatic nitrogens is 1. The molecule has 0 radical (unpaired) electrons. The first-order chi connectivity index (χ1) is 11.3. The van der Waals surface area contributed by atoms with Crippen molar-refractivity contribution in [1.82, 2.24) is 4.98 Å². The zero-order valence-corrected chi connectivity index (χ0v) is 13.5. The van der Waals surface area contributed by atoms with Crippen LogP contribution in [0.1, 0.15) is 37.7 Å². The number of fused-ring (bicyclic) bond motifs is 4. The second-order valence-corrected chi connectivity index (χ2v) is 7.68. The fourth-order valence-corrected chi connectivity index (χ4v) is 5.05. The molecule has 1 aromatic carbocycles. The molecule has 3 saturated carbocycles. The molecule has 1 aliphatic heterocycles. The second kappa shape index (κ2) is 4.98. The van der Waals surface area contributed by atoms with E-state index >= 15 is 0 Å². The van der Waals surface area contributed by atoms with Crippen LogP contribution in [0.2, 0.25) is 0 Å². The van der Waals surface area contributed by atoms with Crippen molar-refractivity contribution >= 4 is 17.2 Å². The van der Waals surface area contributed by atoms with E-state index in [9.17, 15) is 0 Å². The molecule has 1 N–H and O–H groups in total. The van der Waals surface area contributed by atoms with Gasteiger partial charge in [0.05, 0.1) is 11.4 Å². The molecule has 0 amide bonds. The molecule has 0 spiro atoms. The molecule has 3 heteroatoms. The average Bonchev–Trinajstić information content (AvgIpc) is 2.71. The average molecular weight is 305 g/mol. The summed E-state index contributed by atoms with van der Waals surface area (Å²) in [5, 5.41) is 3.54. The first-order valence-electron chi connectivity index (χ1n) is 8.86. The standard InChI is InChI=1S/C20H23N3/c1-2-8-18-17(7-1)22-19-16(6-4-10-21-19)13-23(18)14-20-9-3-5-15(11-20)12-20/h1-2,4,6-8,10,15H,3,5,9,11-14H2,(H,21,22). The van der Waals surface area contributed by atoms with Gasteiger partial charge in [-0.3, -0.25) is 0 Å². The molecule has 2 aromatic rings. The number of para-hydroxylation sites is 2. The SMILES string of the molecule is c1cnc2c(c1)CN(CC13CCCC(C1)C3)c1ccccc1N2. The Bertz CT molecular complexity index is 728. The van der Waals surface area contributed by atoms with Crippen molar-refractivity contribution < 1.29 is 0 Å². The smallest absolute Gasteiger partial charge is 0.135 e. The fourth-order valence-electron chi connectivity index (χ4n) is 5.05. The van der Waals surface area contributed by atoms with Crippen molar-refractivity contribution in [3.8, 4) is 0 Å². The van der Waals surface area contributed by atoms with Gasteiger partial charge in [-0.2, -0.15) is 0 Å². The lowest BCUT2D eigenvalue weighted by atomic mass is 9.54. The van der Waals surface area contributed by atoms with Crippen LogP contribution in [0.4, 0.5) is 17.2 Å². The molecule has 4 aliphatic rings. The number of nitrogens with zero attached hydrogens (tertiary/aromatic N) is 2. The Kier molecular flexibility index (Phi) is 2.91. The predicted molar refractivity (Wildman–Crippen MR) is 94.0 cm³/mol. The van der Waals surface area contributed by atoms with Crippen molar-refractivity contribution in [2.45, 2.75) is 38.6 Å². The minimum absolute atomic E-state index is 0.572. The maximum absolute atomic E-state index is 4.55. The summed E-state index contributed by atoms with van der Waals surface area (Å²) in [7, 11) is 0. The highest BCUT2D eigenvalue weighted by molar-refractivity contribution is 5.77. The van der Waals surface area contributed by atoms with Crippen LogP contribution < -0.4 is 10.2 Å². The van der Waals surface area contributed by atoms with Crippen LogP contribution in [0.3, 0.4) is 0 Å². The lowest BCUT2D eigenvalue weighted by Crippen LogP contribution is -2.49. The maximum atomic E-state index is 4.55. The summed E-state index contributed by atoms with van der Waals surface area (Å²) in [6, 6.07) is 12.9. The van der Waals surface area contributed by atoms with Gasteiger partial charge in [-0.15, -0.1) is 0 Å². The summed E-state index contributed by atoms with van der Waals surface area (Å²) in [5.74, 6) is 2.02. The minimum atomic E-state index is 0.572. The van der Waals surface area contributed by atoms with Crippen molar-refractivity contribution in [3.63, 3.8) is 0 Å². The Morgan fingerprint density at radius 2 is 2.09 bits per heavy atom. The van der Waals surface area contributed by atoms with Gasteiger partial charge >= 0.3 is 0 Å². The van der Waals surface area contributed by atoms with Crippen molar-refractivity contribution in [1.29, 1.82) is 0 Å².